The molecule has 2 heterocycles. The van der Waals surface area contributed by atoms with Crippen LogP contribution in [0.3, 0.4) is 0 Å². The van der Waals surface area contributed by atoms with Gasteiger partial charge < -0.3 is 9.88 Å². The van der Waals surface area contributed by atoms with Gasteiger partial charge in [0.2, 0.25) is 0 Å². The average Bonchev–Trinajstić information content (AvgIpc) is 3.08. The number of aromatic nitrogens is 2. The smallest absolute Gasteiger partial charge is 0.255 e. The Balaban J connectivity index is 1.64. The first-order valence-electron chi connectivity index (χ1n) is 8.53. The molecule has 1 N–H and O–H groups in total. The molecule has 0 fully saturated rings. The van der Waals surface area contributed by atoms with Crippen molar-refractivity contribution in [3.63, 3.8) is 0 Å². The van der Waals surface area contributed by atoms with Crippen LogP contribution in [0.25, 0.3) is 11.3 Å². The second-order valence-electron chi connectivity index (χ2n) is 6.32. The lowest BCUT2D eigenvalue weighted by Crippen LogP contribution is -2.13. The van der Waals surface area contributed by atoms with Crippen molar-refractivity contribution in [2.75, 3.05) is 5.32 Å². The lowest BCUT2D eigenvalue weighted by molar-refractivity contribution is 0.102. The summed E-state index contributed by atoms with van der Waals surface area (Å²) < 4.78 is 28.6. The number of fused-ring (bicyclic) bond motifs is 1. The van der Waals surface area contributed by atoms with Crippen molar-refractivity contribution < 1.29 is 13.6 Å². The largest absolute Gasteiger partial charge is 0.334 e. The summed E-state index contributed by atoms with van der Waals surface area (Å²) in [4.78, 5) is 17.1. The van der Waals surface area contributed by atoms with Gasteiger partial charge in [-0.15, -0.1) is 0 Å². The summed E-state index contributed by atoms with van der Waals surface area (Å²) in [7, 11) is 0. The molecule has 0 saturated heterocycles. The zero-order chi connectivity index (χ0) is 18.1. The molecule has 0 saturated carbocycles. The fourth-order valence-electron chi connectivity index (χ4n) is 3.19. The summed E-state index contributed by atoms with van der Waals surface area (Å²) in [5.41, 5.74) is 2.23. The molecule has 1 aromatic heterocycles. The van der Waals surface area contributed by atoms with E-state index in [0.29, 0.717) is 5.69 Å². The van der Waals surface area contributed by atoms with Gasteiger partial charge in [-0.3, -0.25) is 4.79 Å². The fourth-order valence-corrected chi connectivity index (χ4v) is 3.19. The van der Waals surface area contributed by atoms with E-state index in [1.165, 1.54) is 6.07 Å². The molecule has 1 amide bonds. The molecule has 0 spiro atoms. The van der Waals surface area contributed by atoms with Crippen molar-refractivity contribution in [1.29, 1.82) is 0 Å². The van der Waals surface area contributed by atoms with Gasteiger partial charge in [0.15, 0.2) is 11.6 Å². The highest BCUT2D eigenvalue weighted by Crippen LogP contribution is 2.29. The number of nitrogens with zero attached hydrogens (tertiary/aromatic N) is 2. The maximum Gasteiger partial charge on any atom is 0.255 e. The Labute approximate surface area is 149 Å². The number of nitrogens with one attached hydrogen (secondary N) is 1. The lowest BCUT2D eigenvalue weighted by atomic mass is 10.1. The van der Waals surface area contributed by atoms with Gasteiger partial charge in [-0.2, -0.15) is 0 Å². The molecular weight excluding hydrogens is 336 g/mol. The van der Waals surface area contributed by atoms with Crippen LogP contribution < -0.4 is 5.32 Å². The summed E-state index contributed by atoms with van der Waals surface area (Å²) in [5.74, 6) is -1.48. The van der Waals surface area contributed by atoms with Gasteiger partial charge in [-0.05, 0) is 37.1 Å². The van der Waals surface area contributed by atoms with Gasteiger partial charge in [0.1, 0.15) is 5.82 Å². The fraction of sp³-hybridized carbons (Fsp3) is 0.200. The van der Waals surface area contributed by atoms with Gasteiger partial charge in [-0.1, -0.05) is 18.2 Å². The summed E-state index contributed by atoms with van der Waals surface area (Å²) >= 11 is 0. The zero-order valence-electron chi connectivity index (χ0n) is 14.0. The molecule has 6 heteroatoms. The molecule has 2 aromatic carbocycles. The monoisotopic (exact) mass is 353 g/mol. The van der Waals surface area contributed by atoms with E-state index < -0.39 is 17.5 Å². The van der Waals surface area contributed by atoms with Crippen LogP contribution in [-0.2, 0) is 13.0 Å². The highest BCUT2D eigenvalue weighted by molar-refractivity contribution is 6.06. The van der Waals surface area contributed by atoms with Crippen LogP contribution >= 0.6 is 0 Å². The number of imidazole rings is 1. The van der Waals surface area contributed by atoms with E-state index in [1.54, 1.807) is 12.1 Å². The maximum atomic E-state index is 13.4. The van der Waals surface area contributed by atoms with Gasteiger partial charge in [-0.25, -0.2) is 13.8 Å². The van der Waals surface area contributed by atoms with Crippen LogP contribution in [0.4, 0.5) is 14.5 Å². The number of hydrogen-bond acceptors (Lipinski definition) is 2. The summed E-state index contributed by atoms with van der Waals surface area (Å²) in [6, 6.07) is 10.4. The minimum Gasteiger partial charge on any atom is -0.334 e. The molecular formula is C20H17F2N3O. The van der Waals surface area contributed by atoms with Gasteiger partial charge in [0, 0.05) is 30.3 Å². The van der Waals surface area contributed by atoms with E-state index in [4.69, 9.17) is 0 Å². The highest BCUT2D eigenvalue weighted by Gasteiger charge is 2.17. The molecule has 3 aromatic rings. The minimum absolute atomic E-state index is 0.0582. The van der Waals surface area contributed by atoms with Gasteiger partial charge in [0.05, 0.1) is 11.4 Å². The molecule has 0 aliphatic carbocycles. The van der Waals surface area contributed by atoms with Crippen molar-refractivity contribution in [2.24, 2.45) is 0 Å². The number of halogens is 2. The standard InChI is InChI=1S/C20H17F2N3O/c21-15-9-8-13(11-16(15)22)20(26)24-17-6-2-1-5-14(17)18-12-25-10-4-3-7-19(25)23-18/h1-2,5-6,8-9,11-12H,3-4,7,10H2,(H,24,26). The zero-order valence-corrected chi connectivity index (χ0v) is 14.0. The molecule has 0 unspecified atom stereocenters. The van der Waals surface area contributed by atoms with Crippen LogP contribution in [0.5, 0.6) is 0 Å². The third-order valence-corrected chi connectivity index (χ3v) is 4.54. The number of carbonyl (C=O) groups excluding carboxylic acids is 1. The summed E-state index contributed by atoms with van der Waals surface area (Å²) in [6.07, 6.45) is 5.21. The second-order valence-corrected chi connectivity index (χ2v) is 6.32. The van der Waals surface area contributed by atoms with Crippen molar-refractivity contribution in [1.82, 2.24) is 9.55 Å². The molecule has 4 rings (SSSR count). The van der Waals surface area contributed by atoms with Crippen LogP contribution in [0, 0.1) is 11.6 Å². The molecule has 26 heavy (non-hydrogen) atoms. The Kier molecular flexibility index (Phi) is 4.24. The number of hydrogen-bond donors (Lipinski definition) is 1. The second kappa shape index (κ2) is 6.71. The molecule has 1 aliphatic heterocycles. The molecule has 0 radical (unpaired) electrons. The molecule has 132 valence electrons. The van der Waals surface area contributed by atoms with Crippen LogP contribution in [-0.4, -0.2) is 15.5 Å². The molecule has 1 aliphatic rings. The van der Waals surface area contributed by atoms with Crippen molar-refractivity contribution >= 4 is 11.6 Å². The third-order valence-electron chi connectivity index (χ3n) is 4.54. The summed E-state index contributed by atoms with van der Waals surface area (Å²) in [6.45, 7) is 0.950. The summed E-state index contributed by atoms with van der Waals surface area (Å²) in [5, 5.41) is 2.78. The Bertz CT molecular complexity index is 957. The number of benzene rings is 2. The number of amides is 1. The lowest BCUT2D eigenvalue weighted by Gasteiger charge is -2.11. The molecule has 0 atom stereocenters. The van der Waals surface area contributed by atoms with Crippen molar-refractivity contribution in [2.45, 2.75) is 25.8 Å². The van der Waals surface area contributed by atoms with Crippen LogP contribution in [0.1, 0.15) is 29.0 Å². The Morgan fingerprint density at radius 2 is 1.92 bits per heavy atom. The maximum absolute atomic E-state index is 13.4. The Hall–Kier alpha value is -3.02. The van der Waals surface area contributed by atoms with E-state index in [0.717, 1.165) is 55.0 Å². The first-order chi connectivity index (χ1) is 12.6. The van der Waals surface area contributed by atoms with E-state index in [-0.39, 0.29) is 5.56 Å². The quantitative estimate of drug-likeness (QED) is 0.758. The first-order valence-corrected chi connectivity index (χ1v) is 8.53. The average molecular weight is 353 g/mol. The number of aryl methyl sites for hydroxylation is 2. The van der Waals surface area contributed by atoms with E-state index in [1.807, 2.05) is 18.3 Å². The highest BCUT2D eigenvalue weighted by atomic mass is 19.2. The third kappa shape index (κ3) is 3.10. The Morgan fingerprint density at radius 3 is 2.73 bits per heavy atom. The molecule has 4 nitrogen and oxygen atoms in total. The van der Waals surface area contributed by atoms with Crippen LogP contribution in [0.2, 0.25) is 0 Å². The van der Waals surface area contributed by atoms with Crippen LogP contribution in [0.15, 0.2) is 48.7 Å². The topological polar surface area (TPSA) is 46.9 Å². The Morgan fingerprint density at radius 1 is 1.08 bits per heavy atom. The van der Waals surface area contributed by atoms with Crippen molar-refractivity contribution in [3.8, 4) is 11.3 Å². The van der Waals surface area contributed by atoms with Gasteiger partial charge in [0.25, 0.3) is 5.91 Å². The first kappa shape index (κ1) is 16.4. The predicted octanol–water partition coefficient (Wildman–Crippen LogP) is 4.42. The van der Waals surface area contributed by atoms with E-state index in [2.05, 4.69) is 14.9 Å². The predicted molar refractivity (Wildman–Crippen MR) is 94.9 cm³/mol. The molecule has 0 bridgehead atoms. The number of anilines is 1. The van der Waals surface area contributed by atoms with E-state index >= 15 is 0 Å². The normalized spacial score (nSPS) is 13.3. The van der Waals surface area contributed by atoms with E-state index in [9.17, 15) is 13.6 Å². The number of carbonyl (C=O) groups is 1. The van der Waals surface area contributed by atoms with Crippen molar-refractivity contribution in [3.05, 3.63) is 71.7 Å². The minimum atomic E-state index is -1.05. The van der Waals surface area contributed by atoms with Gasteiger partial charge >= 0.3 is 0 Å². The number of rotatable bonds is 3. The number of para-hydroxylation sites is 1. The SMILES string of the molecule is O=C(Nc1ccccc1-c1cn2c(n1)CCCC2)c1ccc(F)c(F)c1.